The molecular weight excluding hydrogens is 322 g/mol. The van der Waals surface area contributed by atoms with Crippen LogP contribution in [0.2, 0.25) is 0 Å². The molecule has 130 valence electrons. The minimum Gasteiger partial charge on any atom is -0.461 e. The third-order valence-corrected chi connectivity index (χ3v) is 4.42. The monoisotopic (exact) mass is 341 g/mol. The number of likely N-dealkylation sites (tertiary alicyclic amines) is 1. The number of aromatic nitrogens is 4. The summed E-state index contributed by atoms with van der Waals surface area (Å²) in [5.41, 5.74) is 0. The van der Waals surface area contributed by atoms with Crippen molar-refractivity contribution in [3.8, 4) is 11.6 Å². The summed E-state index contributed by atoms with van der Waals surface area (Å²) in [6.07, 6.45) is 8.06. The summed E-state index contributed by atoms with van der Waals surface area (Å²) in [6, 6.07) is 5.63. The maximum absolute atomic E-state index is 12.6. The predicted octanol–water partition coefficient (Wildman–Crippen LogP) is 2.15. The molecule has 25 heavy (non-hydrogen) atoms. The van der Waals surface area contributed by atoms with Gasteiger partial charge in [0, 0.05) is 31.8 Å². The fourth-order valence-electron chi connectivity index (χ4n) is 3.20. The number of aryl methyl sites for hydroxylation is 1. The Hall–Kier alpha value is -2.90. The van der Waals surface area contributed by atoms with Gasteiger partial charge in [0.15, 0.2) is 5.76 Å². The molecule has 1 amide bonds. The Morgan fingerprint density at radius 3 is 3.12 bits per heavy atom. The second kappa shape index (κ2) is 6.92. The Labute approximate surface area is 144 Å². The average molecular weight is 341 g/mol. The van der Waals surface area contributed by atoms with E-state index in [1.165, 1.54) is 0 Å². The first kappa shape index (κ1) is 15.6. The van der Waals surface area contributed by atoms with Crippen molar-refractivity contribution >= 4 is 5.91 Å². The van der Waals surface area contributed by atoms with E-state index in [0.29, 0.717) is 30.3 Å². The molecule has 1 aliphatic rings. The van der Waals surface area contributed by atoms with Crippen LogP contribution in [0.3, 0.4) is 0 Å². The van der Waals surface area contributed by atoms with E-state index in [9.17, 15) is 4.79 Å². The molecule has 3 aromatic rings. The zero-order chi connectivity index (χ0) is 17.1. The van der Waals surface area contributed by atoms with Crippen LogP contribution in [-0.2, 0) is 17.8 Å². The number of nitrogens with zero attached hydrogens (tertiary/aromatic N) is 5. The summed E-state index contributed by atoms with van der Waals surface area (Å²) in [7, 11) is 0. The first-order chi connectivity index (χ1) is 12.3. The summed E-state index contributed by atoms with van der Waals surface area (Å²) in [4.78, 5) is 18.8. The summed E-state index contributed by atoms with van der Waals surface area (Å²) in [5.74, 6) is 1.53. The molecule has 0 unspecified atom stereocenters. The largest absolute Gasteiger partial charge is 0.461 e. The number of hydrogen-bond acceptors (Lipinski definition) is 6. The van der Waals surface area contributed by atoms with Crippen molar-refractivity contribution in [3.63, 3.8) is 0 Å². The number of rotatable bonds is 6. The quantitative estimate of drug-likeness (QED) is 0.682. The highest BCUT2D eigenvalue weighted by atomic mass is 16.5. The molecule has 4 rings (SSSR count). The first-order valence-corrected chi connectivity index (χ1v) is 8.43. The highest BCUT2D eigenvalue weighted by Gasteiger charge is 2.29. The molecule has 3 aromatic heterocycles. The molecule has 1 fully saturated rings. The van der Waals surface area contributed by atoms with Crippen LogP contribution in [0.1, 0.15) is 25.2 Å². The lowest BCUT2D eigenvalue weighted by molar-refractivity contribution is -0.132. The van der Waals surface area contributed by atoms with Crippen LogP contribution in [0.15, 0.2) is 45.8 Å². The average Bonchev–Trinajstić information content (AvgIpc) is 3.39. The molecular formula is C17H19N5O3. The van der Waals surface area contributed by atoms with E-state index in [1.807, 2.05) is 21.8 Å². The summed E-state index contributed by atoms with van der Waals surface area (Å²) < 4.78 is 12.3. The van der Waals surface area contributed by atoms with Crippen LogP contribution in [0.5, 0.6) is 0 Å². The van der Waals surface area contributed by atoms with Gasteiger partial charge in [0.05, 0.1) is 18.8 Å². The van der Waals surface area contributed by atoms with Gasteiger partial charge in [0.2, 0.25) is 17.6 Å². The minimum absolute atomic E-state index is 0.118. The van der Waals surface area contributed by atoms with E-state index in [-0.39, 0.29) is 11.9 Å². The van der Waals surface area contributed by atoms with Crippen LogP contribution in [0.4, 0.5) is 0 Å². The van der Waals surface area contributed by atoms with E-state index >= 15 is 0 Å². The molecule has 4 heterocycles. The molecule has 0 radical (unpaired) electrons. The zero-order valence-corrected chi connectivity index (χ0v) is 13.7. The molecule has 1 aliphatic heterocycles. The molecule has 0 saturated carbocycles. The molecule has 1 atom stereocenters. The van der Waals surface area contributed by atoms with Crippen molar-refractivity contribution in [3.05, 3.63) is 42.7 Å². The predicted molar refractivity (Wildman–Crippen MR) is 87.3 cm³/mol. The molecule has 8 heteroatoms. The fourth-order valence-corrected chi connectivity index (χ4v) is 3.20. The van der Waals surface area contributed by atoms with Crippen molar-refractivity contribution < 1.29 is 13.7 Å². The highest BCUT2D eigenvalue weighted by molar-refractivity contribution is 5.77. The van der Waals surface area contributed by atoms with Gasteiger partial charge in [-0.3, -0.25) is 9.48 Å². The maximum atomic E-state index is 12.6. The second-order valence-corrected chi connectivity index (χ2v) is 6.10. The number of carbonyl (C=O) groups is 1. The lowest BCUT2D eigenvalue weighted by atomic mass is 10.2. The third kappa shape index (κ3) is 3.47. The topological polar surface area (TPSA) is 90.2 Å². The lowest BCUT2D eigenvalue weighted by Gasteiger charge is -2.24. The van der Waals surface area contributed by atoms with Crippen LogP contribution in [0.25, 0.3) is 11.6 Å². The Bertz CT molecular complexity index is 809. The van der Waals surface area contributed by atoms with Gasteiger partial charge < -0.3 is 13.8 Å². The zero-order valence-electron chi connectivity index (χ0n) is 13.7. The second-order valence-electron chi connectivity index (χ2n) is 6.10. The van der Waals surface area contributed by atoms with Gasteiger partial charge in [-0.05, 0) is 31.0 Å². The Morgan fingerprint density at radius 1 is 1.36 bits per heavy atom. The summed E-state index contributed by atoms with van der Waals surface area (Å²) in [6.45, 7) is 1.54. The minimum atomic E-state index is 0.118. The highest BCUT2D eigenvalue weighted by Crippen LogP contribution is 2.21. The van der Waals surface area contributed by atoms with E-state index < -0.39 is 0 Å². The van der Waals surface area contributed by atoms with E-state index in [4.69, 9.17) is 8.94 Å². The van der Waals surface area contributed by atoms with Crippen LogP contribution >= 0.6 is 0 Å². The van der Waals surface area contributed by atoms with Crippen molar-refractivity contribution in [1.82, 2.24) is 24.8 Å². The van der Waals surface area contributed by atoms with Gasteiger partial charge in [-0.15, -0.1) is 0 Å². The van der Waals surface area contributed by atoms with Gasteiger partial charge in [-0.2, -0.15) is 10.1 Å². The molecule has 0 aromatic carbocycles. The van der Waals surface area contributed by atoms with Crippen LogP contribution < -0.4 is 0 Å². The van der Waals surface area contributed by atoms with E-state index in [1.54, 1.807) is 24.6 Å². The molecule has 0 bridgehead atoms. The molecule has 0 spiro atoms. The van der Waals surface area contributed by atoms with Gasteiger partial charge in [0.25, 0.3) is 0 Å². The standard InChI is InChI=1S/C17H19N5O3/c23-16(22-10-1-4-13(22)12-21-9-3-8-18-21)7-6-15-19-17(20-25-15)14-5-2-11-24-14/h2-3,5,8-9,11,13H,1,4,6-7,10,12H2/t13-/m0/s1. The Morgan fingerprint density at radius 2 is 2.32 bits per heavy atom. The summed E-state index contributed by atoms with van der Waals surface area (Å²) >= 11 is 0. The third-order valence-electron chi connectivity index (χ3n) is 4.42. The normalized spacial score (nSPS) is 17.3. The number of furan rings is 1. The Kier molecular flexibility index (Phi) is 4.32. The van der Waals surface area contributed by atoms with Crippen LogP contribution in [0, 0.1) is 0 Å². The smallest absolute Gasteiger partial charge is 0.238 e. The van der Waals surface area contributed by atoms with Crippen molar-refractivity contribution in [1.29, 1.82) is 0 Å². The number of amides is 1. The van der Waals surface area contributed by atoms with E-state index in [0.717, 1.165) is 25.9 Å². The molecule has 8 nitrogen and oxygen atoms in total. The molecule has 0 N–H and O–H groups in total. The van der Waals surface area contributed by atoms with Gasteiger partial charge >= 0.3 is 0 Å². The number of carbonyl (C=O) groups excluding carboxylic acids is 1. The lowest BCUT2D eigenvalue weighted by Crippen LogP contribution is -2.38. The summed E-state index contributed by atoms with van der Waals surface area (Å²) in [5, 5.41) is 8.11. The first-order valence-electron chi connectivity index (χ1n) is 8.43. The SMILES string of the molecule is O=C(CCc1nc(-c2ccco2)no1)N1CCC[C@H]1Cn1cccn1. The Balaban J connectivity index is 1.34. The van der Waals surface area contributed by atoms with Crippen molar-refractivity contribution in [2.45, 2.75) is 38.3 Å². The van der Waals surface area contributed by atoms with Gasteiger partial charge in [-0.1, -0.05) is 5.16 Å². The van der Waals surface area contributed by atoms with Crippen molar-refractivity contribution in [2.24, 2.45) is 0 Å². The molecule has 0 aliphatic carbocycles. The van der Waals surface area contributed by atoms with Gasteiger partial charge in [-0.25, -0.2) is 0 Å². The molecule has 1 saturated heterocycles. The van der Waals surface area contributed by atoms with Crippen LogP contribution in [-0.4, -0.2) is 43.3 Å². The maximum Gasteiger partial charge on any atom is 0.238 e. The number of hydrogen-bond donors (Lipinski definition) is 0. The van der Waals surface area contributed by atoms with E-state index in [2.05, 4.69) is 15.2 Å². The van der Waals surface area contributed by atoms with Crippen molar-refractivity contribution in [2.75, 3.05) is 6.54 Å². The van der Waals surface area contributed by atoms with Gasteiger partial charge in [0.1, 0.15) is 0 Å². The fraction of sp³-hybridized carbons (Fsp3) is 0.412.